The van der Waals surface area contributed by atoms with Crippen LogP contribution in [-0.2, 0) is 10.2 Å². The predicted molar refractivity (Wildman–Crippen MR) is 138 cm³/mol. The van der Waals surface area contributed by atoms with Gasteiger partial charge >= 0.3 is 5.97 Å². The Labute approximate surface area is 201 Å². The first-order chi connectivity index (χ1) is 16.3. The zero-order valence-corrected chi connectivity index (χ0v) is 20.6. The van der Waals surface area contributed by atoms with Crippen molar-refractivity contribution in [3.8, 4) is 5.75 Å². The Balaban J connectivity index is 1.55. The van der Waals surface area contributed by atoms with Gasteiger partial charge < -0.3 is 14.4 Å². The van der Waals surface area contributed by atoms with Gasteiger partial charge in [-0.1, -0.05) is 12.1 Å². The first-order valence-electron chi connectivity index (χ1n) is 11.3. The van der Waals surface area contributed by atoms with E-state index in [1.807, 2.05) is 42.5 Å². The highest BCUT2D eigenvalue weighted by Gasteiger charge is 2.43. The van der Waals surface area contributed by atoms with Crippen LogP contribution in [0.1, 0.15) is 35.3 Å². The van der Waals surface area contributed by atoms with Gasteiger partial charge in [0.2, 0.25) is 5.69 Å². The van der Waals surface area contributed by atoms with E-state index >= 15 is 0 Å². The third kappa shape index (κ3) is 4.21. The molecule has 3 aromatic carbocycles. The van der Waals surface area contributed by atoms with Crippen LogP contribution >= 0.6 is 0 Å². The highest BCUT2D eigenvalue weighted by atomic mass is 16.5. The van der Waals surface area contributed by atoms with E-state index in [0.717, 1.165) is 33.9 Å². The Morgan fingerprint density at radius 3 is 2.12 bits per heavy atom. The van der Waals surface area contributed by atoms with Gasteiger partial charge in [-0.15, -0.1) is 0 Å². The number of rotatable bonds is 6. The van der Waals surface area contributed by atoms with Gasteiger partial charge in [0, 0.05) is 36.1 Å². The molecule has 34 heavy (non-hydrogen) atoms. The summed E-state index contributed by atoms with van der Waals surface area (Å²) < 4.78 is 12.4. The maximum absolute atomic E-state index is 12.0. The molecule has 3 aromatic rings. The lowest BCUT2D eigenvalue weighted by molar-refractivity contribution is -0.401. The quantitative estimate of drug-likeness (QED) is 0.339. The molecule has 0 aliphatic carbocycles. The highest BCUT2D eigenvalue weighted by Crippen LogP contribution is 2.40. The SMILES string of the molecule is COC(=O)c1ccc2c(c1)C(C)(C)C(C=Cc1ccc(N(C)c3ccc(OC)cc3)cc1)=[N+]2C. The van der Waals surface area contributed by atoms with E-state index in [4.69, 9.17) is 9.47 Å². The molecular weight excluding hydrogens is 424 g/mol. The molecule has 0 bridgehead atoms. The number of carbonyl (C=O) groups excluding carboxylic acids is 1. The topological polar surface area (TPSA) is 41.8 Å². The number of anilines is 2. The van der Waals surface area contributed by atoms with Gasteiger partial charge in [-0.3, -0.25) is 0 Å². The summed E-state index contributed by atoms with van der Waals surface area (Å²) in [5.41, 5.74) is 7.05. The van der Waals surface area contributed by atoms with Crippen molar-refractivity contribution in [3.63, 3.8) is 0 Å². The molecule has 0 saturated carbocycles. The van der Waals surface area contributed by atoms with Crippen LogP contribution in [0.4, 0.5) is 17.1 Å². The predicted octanol–water partition coefficient (Wildman–Crippen LogP) is 5.97. The summed E-state index contributed by atoms with van der Waals surface area (Å²) in [6.45, 7) is 4.37. The average Bonchev–Trinajstić information content (AvgIpc) is 3.06. The van der Waals surface area contributed by atoms with Gasteiger partial charge in [0.05, 0.1) is 25.2 Å². The van der Waals surface area contributed by atoms with E-state index in [9.17, 15) is 4.79 Å². The maximum Gasteiger partial charge on any atom is 0.337 e. The monoisotopic (exact) mass is 455 g/mol. The lowest BCUT2D eigenvalue weighted by Crippen LogP contribution is -2.26. The third-order valence-electron chi connectivity index (χ3n) is 6.63. The van der Waals surface area contributed by atoms with Crippen molar-refractivity contribution >= 4 is 34.8 Å². The van der Waals surface area contributed by atoms with Crippen LogP contribution in [0.2, 0.25) is 0 Å². The molecule has 0 N–H and O–H groups in total. The van der Waals surface area contributed by atoms with Crippen molar-refractivity contribution in [1.82, 2.24) is 0 Å². The third-order valence-corrected chi connectivity index (χ3v) is 6.63. The average molecular weight is 456 g/mol. The van der Waals surface area contributed by atoms with Crippen LogP contribution in [0, 0.1) is 0 Å². The molecule has 174 valence electrons. The van der Waals surface area contributed by atoms with Gasteiger partial charge in [0.1, 0.15) is 12.8 Å². The van der Waals surface area contributed by atoms with Gasteiger partial charge in [0.25, 0.3) is 0 Å². The fourth-order valence-corrected chi connectivity index (χ4v) is 4.52. The second-order valence-electron chi connectivity index (χ2n) is 8.97. The molecule has 0 atom stereocenters. The summed E-state index contributed by atoms with van der Waals surface area (Å²) in [7, 11) is 7.20. The first kappa shape index (κ1) is 23.3. The number of hydrogen-bond donors (Lipinski definition) is 0. The molecule has 0 saturated heterocycles. The number of carbonyl (C=O) groups is 1. The smallest absolute Gasteiger partial charge is 0.337 e. The van der Waals surface area contributed by atoms with Crippen LogP contribution in [0.25, 0.3) is 6.08 Å². The maximum atomic E-state index is 12.0. The number of fused-ring (bicyclic) bond motifs is 1. The number of hydrogen-bond acceptors (Lipinski definition) is 4. The van der Waals surface area contributed by atoms with E-state index in [1.165, 1.54) is 12.8 Å². The summed E-state index contributed by atoms with van der Waals surface area (Å²) >= 11 is 0. The van der Waals surface area contributed by atoms with Crippen molar-refractivity contribution in [2.75, 3.05) is 33.2 Å². The highest BCUT2D eigenvalue weighted by molar-refractivity contribution is 6.06. The van der Waals surface area contributed by atoms with Crippen molar-refractivity contribution in [2.24, 2.45) is 0 Å². The Bertz CT molecular complexity index is 1270. The summed E-state index contributed by atoms with van der Waals surface area (Å²) in [5.74, 6) is 0.531. The molecule has 0 amide bonds. The molecule has 0 spiro atoms. The number of benzene rings is 3. The second kappa shape index (κ2) is 9.18. The summed E-state index contributed by atoms with van der Waals surface area (Å²) in [5, 5.41) is 0. The van der Waals surface area contributed by atoms with Gasteiger partial charge in [-0.2, -0.15) is 4.58 Å². The Hall–Kier alpha value is -3.86. The molecule has 0 radical (unpaired) electrons. The Morgan fingerprint density at radius 1 is 0.912 bits per heavy atom. The van der Waals surface area contributed by atoms with Crippen LogP contribution in [-0.4, -0.2) is 44.6 Å². The molecule has 1 heterocycles. The van der Waals surface area contributed by atoms with Crippen molar-refractivity contribution in [1.29, 1.82) is 0 Å². The molecule has 4 rings (SSSR count). The minimum absolute atomic E-state index is 0.237. The molecule has 1 aliphatic heterocycles. The van der Waals surface area contributed by atoms with E-state index in [0.29, 0.717) is 5.56 Å². The van der Waals surface area contributed by atoms with E-state index in [2.05, 4.69) is 73.8 Å². The summed E-state index contributed by atoms with van der Waals surface area (Å²) in [6.07, 6.45) is 4.30. The number of nitrogens with zero attached hydrogens (tertiary/aromatic N) is 2. The fraction of sp³-hybridized carbons (Fsp3) is 0.241. The molecular formula is C29H31N2O3+. The van der Waals surface area contributed by atoms with E-state index in [1.54, 1.807) is 7.11 Å². The van der Waals surface area contributed by atoms with Crippen molar-refractivity contribution in [2.45, 2.75) is 19.3 Å². The number of methoxy groups -OCH3 is 2. The Kier molecular flexibility index (Phi) is 6.29. The van der Waals surface area contributed by atoms with Crippen LogP contribution in [0.3, 0.4) is 0 Å². The van der Waals surface area contributed by atoms with Gasteiger partial charge in [-0.05, 0) is 74.0 Å². The minimum Gasteiger partial charge on any atom is -0.497 e. The van der Waals surface area contributed by atoms with Crippen LogP contribution in [0.5, 0.6) is 5.75 Å². The first-order valence-corrected chi connectivity index (χ1v) is 11.3. The molecule has 0 aromatic heterocycles. The molecule has 0 unspecified atom stereocenters. The zero-order valence-electron chi connectivity index (χ0n) is 20.6. The Morgan fingerprint density at radius 2 is 1.53 bits per heavy atom. The lowest BCUT2D eigenvalue weighted by atomic mass is 9.80. The summed E-state index contributed by atoms with van der Waals surface area (Å²) in [4.78, 5) is 14.2. The van der Waals surface area contributed by atoms with Gasteiger partial charge in [-0.25, -0.2) is 4.79 Å². The zero-order chi connectivity index (χ0) is 24.5. The van der Waals surface area contributed by atoms with Gasteiger partial charge in [0.15, 0.2) is 5.71 Å². The summed E-state index contributed by atoms with van der Waals surface area (Å²) in [6, 6.07) is 22.3. The van der Waals surface area contributed by atoms with Crippen LogP contribution < -0.4 is 9.64 Å². The number of esters is 1. The van der Waals surface area contributed by atoms with E-state index < -0.39 is 0 Å². The minimum atomic E-state index is -0.315. The van der Waals surface area contributed by atoms with Crippen molar-refractivity contribution in [3.05, 3.63) is 89.5 Å². The van der Waals surface area contributed by atoms with Crippen LogP contribution in [0.15, 0.2) is 72.8 Å². The molecule has 5 heteroatoms. The largest absolute Gasteiger partial charge is 0.497 e. The normalized spacial score (nSPS) is 14.3. The lowest BCUT2D eigenvalue weighted by Gasteiger charge is -2.20. The van der Waals surface area contributed by atoms with Crippen molar-refractivity contribution < 1.29 is 18.8 Å². The molecule has 0 fully saturated rings. The molecule has 5 nitrogen and oxygen atoms in total. The number of ether oxygens (including phenoxy) is 2. The standard InChI is InChI=1S/C29H31N2O3/c1-29(2)25-19-21(28(32)34-6)10-17-26(25)31(4)27(29)18-9-20-7-11-22(12-8-20)30(3)23-13-15-24(33-5)16-14-23/h7-19H,1-6H3/q+1. The number of allylic oxidation sites excluding steroid dienone is 1. The molecule has 1 aliphatic rings. The fourth-order valence-electron chi connectivity index (χ4n) is 4.52. The second-order valence-corrected chi connectivity index (χ2v) is 8.97. The van der Waals surface area contributed by atoms with E-state index in [-0.39, 0.29) is 11.4 Å².